The molecule has 5 nitrogen and oxygen atoms in total. The van der Waals surface area contributed by atoms with Gasteiger partial charge in [0.05, 0.1) is 11.8 Å². The van der Waals surface area contributed by atoms with Gasteiger partial charge in [0.25, 0.3) is 0 Å². The molecule has 0 saturated carbocycles. The van der Waals surface area contributed by atoms with E-state index in [4.69, 9.17) is 10.8 Å². The van der Waals surface area contributed by atoms with Gasteiger partial charge in [-0.2, -0.15) is 0 Å². The molecule has 5 heteroatoms. The van der Waals surface area contributed by atoms with Crippen molar-refractivity contribution in [3.8, 4) is 0 Å². The summed E-state index contributed by atoms with van der Waals surface area (Å²) >= 11 is 0. The number of carboxylic acids is 1. The lowest BCUT2D eigenvalue weighted by Gasteiger charge is -2.19. The van der Waals surface area contributed by atoms with Crippen LogP contribution in [0.4, 0.5) is 0 Å². The van der Waals surface area contributed by atoms with Gasteiger partial charge < -0.3 is 16.2 Å². The van der Waals surface area contributed by atoms with Crippen molar-refractivity contribution in [2.75, 3.05) is 0 Å². The van der Waals surface area contributed by atoms with Gasteiger partial charge in [-0.15, -0.1) is 0 Å². The lowest BCUT2D eigenvalue weighted by atomic mass is 10.0. The van der Waals surface area contributed by atoms with Crippen LogP contribution in [-0.2, 0) is 9.59 Å². The molecule has 0 aromatic heterocycles. The van der Waals surface area contributed by atoms with Crippen molar-refractivity contribution in [1.82, 2.24) is 5.32 Å². The predicted octanol–water partition coefficient (Wildman–Crippen LogP) is 0.115. The molecule has 0 radical (unpaired) electrons. The van der Waals surface area contributed by atoms with Crippen molar-refractivity contribution in [3.05, 3.63) is 12.2 Å². The molecular weight excluding hydrogens is 208 g/mol. The third-order valence-electron chi connectivity index (χ3n) is 2.96. The van der Waals surface area contributed by atoms with Gasteiger partial charge in [-0.1, -0.05) is 12.2 Å². The predicted molar refractivity (Wildman–Crippen MR) is 59.6 cm³/mol. The van der Waals surface area contributed by atoms with Crippen LogP contribution in [0.2, 0.25) is 0 Å². The fourth-order valence-corrected chi connectivity index (χ4v) is 1.59. The summed E-state index contributed by atoms with van der Waals surface area (Å²) in [4.78, 5) is 22.4. The SMILES string of the molecule is CC(NC(=O)C1C=CC(N)C1)C(C)C(=O)O. The first kappa shape index (κ1) is 12.7. The second kappa shape index (κ2) is 5.12. The number of hydrogen-bond donors (Lipinski definition) is 3. The number of aliphatic carboxylic acids is 1. The average Bonchev–Trinajstić information content (AvgIpc) is 2.63. The van der Waals surface area contributed by atoms with Crippen LogP contribution in [0.5, 0.6) is 0 Å². The molecule has 0 aromatic carbocycles. The molecule has 4 atom stereocenters. The van der Waals surface area contributed by atoms with Gasteiger partial charge in [-0.3, -0.25) is 9.59 Å². The number of rotatable bonds is 4. The lowest BCUT2D eigenvalue weighted by Crippen LogP contribution is -2.42. The number of carbonyl (C=O) groups excluding carboxylic acids is 1. The zero-order valence-electron chi connectivity index (χ0n) is 9.51. The Hall–Kier alpha value is -1.36. The number of hydrogen-bond acceptors (Lipinski definition) is 3. The van der Waals surface area contributed by atoms with Crippen molar-refractivity contribution >= 4 is 11.9 Å². The van der Waals surface area contributed by atoms with Crippen LogP contribution < -0.4 is 11.1 Å². The standard InChI is InChI=1S/C11H18N2O3/c1-6(11(15)16)7(2)13-10(14)8-3-4-9(12)5-8/h3-4,6-9H,5,12H2,1-2H3,(H,13,14)(H,15,16). The zero-order chi connectivity index (χ0) is 12.3. The Morgan fingerprint density at radius 1 is 1.44 bits per heavy atom. The largest absolute Gasteiger partial charge is 0.481 e. The third kappa shape index (κ3) is 3.06. The smallest absolute Gasteiger partial charge is 0.308 e. The zero-order valence-corrected chi connectivity index (χ0v) is 9.51. The number of nitrogens with one attached hydrogen (secondary N) is 1. The Kier molecular flexibility index (Phi) is 4.06. The highest BCUT2D eigenvalue weighted by Gasteiger charge is 2.26. The molecule has 0 fully saturated rings. The molecule has 16 heavy (non-hydrogen) atoms. The van der Waals surface area contributed by atoms with E-state index < -0.39 is 11.9 Å². The van der Waals surface area contributed by atoms with E-state index in [2.05, 4.69) is 5.32 Å². The minimum Gasteiger partial charge on any atom is -0.481 e. The van der Waals surface area contributed by atoms with Crippen LogP contribution in [-0.4, -0.2) is 29.1 Å². The van der Waals surface area contributed by atoms with Crippen LogP contribution in [0, 0.1) is 11.8 Å². The second-order valence-corrected chi connectivity index (χ2v) is 4.32. The van der Waals surface area contributed by atoms with Gasteiger partial charge >= 0.3 is 5.97 Å². The number of carbonyl (C=O) groups is 2. The molecule has 0 aromatic rings. The van der Waals surface area contributed by atoms with E-state index in [-0.39, 0.29) is 23.9 Å². The molecule has 1 aliphatic carbocycles. The van der Waals surface area contributed by atoms with Crippen LogP contribution in [0.3, 0.4) is 0 Å². The molecule has 0 saturated heterocycles. The summed E-state index contributed by atoms with van der Waals surface area (Å²) in [5.74, 6) is -1.88. The van der Waals surface area contributed by atoms with E-state index in [0.717, 1.165) is 0 Å². The average molecular weight is 226 g/mol. The summed E-state index contributed by atoms with van der Waals surface area (Å²) in [6.07, 6.45) is 4.17. The third-order valence-corrected chi connectivity index (χ3v) is 2.96. The molecule has 0 spiro atoms. The van der Waals surface area contributed by atoms with Crippen LogP contribution in [0.15, 0.2) is 12.2 Å². The normalized spacial score (nSPS) is 27.4. The summed E-state index contributed by atoms with van der Waals surface area (Å²) in [6.45, 7) is 3.26. The fraction of sp³-hybridized carbons (Fsp3) is 0.636. The van der Waals surface area contributed by atoms with Gasteiger partial charge in [-0.05, 0) is 20.3 Å². The van der Waals surface area contributed by atoms with Crippen molar-refractivity contribution in [3.63, 3.8) is 0 Å². The van der Waals surface area contributed by atoms with E-state index >= 15 is 0 Å². The van der Waals surface area contributed by atoms with Crippen molar-refractivity contribution < 1.29 is 14.7 Å². The highest BCUT2D eigenvalue weighted by molar-refractivity contribution is 5.82. The van der Waals surface area contributed by atoms with Crippen molar-refractivity contribution in [1.29, 1.82) is 0 Å². The van der Waals surface area contributed by atoms with E-state index in [0.29, 0.717) is 6.42 Å². The highest BCUT2D eigenvalue weighted by atomic mass is 16.4. The molecule has 0 heterocycles. The Balaban J connectivity index is 2.46. The molecule has 4 N–H and O–H groups in total. The van der Waals surface area contributed by atoms with Gasteiger partial charge in [0.2, 0.25) is 5.91 Å². The van der Waals surface area contributed by atoms with E-state index in [1.807, 2.05) is 0 Å². The van der Waals surface area contributed by atoms with Crippen LogP contribution in [0.1, 0.15) is 20.3 Å². The first-order chi connectivity index (χ1) is 7.41. The first-order valence-electron chi connectivity index (χ1n) is 5.39. The van der Waals surface area contributed by atoms with Gasteiger partial charge in [0.15, 0.2) is 0 Å². The van der Waals surface area contributed by atoms with Gasteiger partial charge in [0.1, 0.15) is 0 Å². The number of amides is 1. The topological polar surface area (TPSA) is 92.4 Å². The quantitative estimate of drug-likeness (QED) is 0.593. The van der Waals surface area contributed by atoms with Crippen molar-refractivity contribution in [2.24, 2.45) is 17.6 Å². The lowest BCUT2D eigenvalue weighted by molar-refractivity contribution is -0.142. The molecule has 0 bridgehead atoms. The van der Waals surface area contributed by atoms with Crippen LogP contribution in [0.25, 0.3) is 0 Å². The Morgan fingerprint density at radius 3 is 2.50 bits per heavy atom. The number of carboxylic acid groups (broad SMARTS) is 1. The maximum atomic E-state index is 11.7. The minimum absolute atomic E-state index is 0.0667. The second-order valence-electron chi connectivity index (χ2n) is 4.32. The Labute approximate surface area is 94.7 Å². The summed E-state index contributed by atoms with van der Waals surface area (Å²) in [5.41, 5.74) is 5.64. The minimum atomic E-state index is -0.911. The van der Waals surface area contributed by atoms with Gasteiger partial charge in [-0.25, -0.2) is 0 Å². The van der Waals surface area contributed by atoms with E-state index in [1.165, 1.54) is 0 Å². The maximum Gasteiger partial charge on any atom is 0.308 e. The molecule has 0 aliphatic heterocycles. The van der Waals surface area contributed by atoms with Gasteiger partial charge in [0, 0.05) is 12.1 Å². The Bertz CT molecular complexity index is 314. The van der Waals surface area contributed by atoms with Crippen molar-refractivity contribution in [2.45, 2.75) is 32.4 Å². The summed E-state index contributed by atoms with van der Waals surface area (Å²) < 4.78 is 0. The van der Waals surface area contributed by atoms with Crippen LogP contribution >= 0.6 is 0 Å². The first-order valence-corrected chi connectivity index (χ1v) is 5.39. The highest BCUT2D eigenvalue weighted by Crippen LogP contribution is 2.17. The maximum absolute atomic E-state index is 11.7. The molecule has 1 aliphatic rings. The van der Waals surface area contributed by atoms with E-state index in [9.17, 15) is 9.59 Å². The Morgan fingerprint density at radius 2 is 2.06 bits per heavy atom. The molecule has 1 amide bonds. The number of nitrogens with two attached hydrogens (primary N) is 1. The van der Waals surface area contributed by atoms with E-state index in [1.54, 1.807) is 26.0 Å². The summed E-state index contributed by atoms with van der Waals surface area (Å²) in [5, 5.41) is 11.5. The molecule has 4 unspecified atom stereocenters. The molecule has 1 rings (SSSR count). The summed E-state index contributed by atoms with van der Waals surface area (Å²) in [6, 6.07) is -0.446. The molecular formula is C11H18N2O3. The fourth-order valence-electron chi connectivity index (χ4n) is 1.59. The monoisotopic (exact) mass is 226 g/mol. The summed E-state index contributed by atoms with van der Waals surface area (Å²) in [7, 11) is 0. The molecule has 90 valence electrons.